The Labute approximate surface area is 780 Å². The van der Waals surface area contributed by atoms with Crippen molar-refractivity contribution in [2.45, 2.75) is 422 Å². The standard InChI is InChI=1S/C29H48O4.C27H44O3S.C26H44ClNO3.C26H42F3NO3/c1-6-33-27(32)19(3)9-7-8-18(2)22-10-11-23-21-17-26(31)25-16-20(30)12-14-29(25,5)24(21)13-15-28(22,23)4;1-16(5-6-18(28)13-17(2)31)21-7-8-22-20-15-25(30)24-14-19(29)9-11-27(24,4)23(20)10-12-26(21,22)3;1-16(4-7-24(31)28-13-12-27)19-5-6-20-18-15-23(30)22-14-17(29)8-10-26(22,3)21(18)9-11-25(19,20)2;1-15(4-7-23(33)30-14-26(27,28)29)18-5-6-19-17-13-22(32)21-12-16(31)8-10-25(21,3)20(17)9-11-24(18,19)2/h9,18,20-26,30-31H,6-8,10-17H2,1-5H3;16,19-25,29-30H,5-15H2,1-4H3;16-23,29-30H,4-15H2,1-3H3,(H,28,31);15-22,31-32H,4-14H2,1-3H3,(H,30,33)/b19-9+;;;/t18?,20-,21?,22?,23?,24?,25?,26+,28?,29?;16?,19-,20?,21?,22?,23?,24+,25+,26?,27?;16?,17-,18?,19?,20?,21?,22+,23+,25?,26?;15?,16-,17?,18?,19?,20?,21+,22+,24?,25?/m1111/s1. The zero-order valence-electron chi connectivity index (χ0n) is 81.9. The zero-order valence-corrected chi connectivity index (χ0v) is 83.5. The third-order valence-electron chi connectivity index (χ3n) is 43.2. The van der Waals surface area contributed by atoms with Crippen LogP contribution in [0.15, 0.2) is 11.6 Å². The summed E-state index contributed by atoms with van der Waals surface area (Å²) in [7, 11) is 0. The highest BCUT2D eigenvalue weighted by Gasteiger charge is 2.68. The quantitative estimate of drug-likeness (QED) is 0.0197. The summed E-state index contributed by atoms with van der Waals surface area (Å²) < 4.78 is 42.2. The largest absolute Gasteiger partial charge is 0.463 e. The number of fused-ring (bicyclic) bond motifs is 20. The van der Waals surface area contributed by atoms with Gasteiger partial charge in [0, 0.05) is 43.7 Å². The van der Waals surface area contributed by atoms with Crippen LogP contribution in [0.1, 0.15) is 367 Å². The third kappa shape index (κ3) is 20.7. The van der Waals surface area contributed by atoms with Crippen LogP contribution < -0.4 is 10.6 Å². The summed E-state index contributed by atoms with van der Waals surface area (Å²) in [4.78, 5) is 48.9. The van der Waals surface area contributed by atoms with E-state index in [-0.39, 0.29) is 124 Å². The summed E-state index contributed by atoms with van der Waals surface area (Å²) in [6.07, 6.45) is 36.6. The number of nitrogens with one attached hydrogen (secondary N) is 2. The molecule has 20 heteroatoms. The molecule has 0 aromatic carbocycles. The van der Waals surface area contributed by atoms with Gasteiger partial charge in [0.2, 0.25) is 11.8 Å². The van der Waals surface area contributed by atoms with Crippen LogP contribution in [0.4, 0.5) is 13.2 Å². The van der Waals surface area contributed by atoms with Gasteiger partial charge in [0.05, 0.1) is 55.4 Å². The number of Topliss-reactive ketones (excluding diaryl/α,β-unsaturated/α-hetero) is 1. The maximum atomic E-state index is 12.4. The molecule has 0 radical (unpaired) electrons. The molecule has 16 fully saturated rings. The van der Waals surface area contributed by atoms with E-state index in [4.69, 9.17) is 28.6 Å². The number of ether oxygens (including phenoxy) is 1. The van der Waals surface area contributed by atoms with Gasteiger partial charge in [-0.05, 0) is 449 Å². The Balaban J connectivity index is 0.000000146. The molecule has 15 nitrogen and oxygen atoms in total. The number of allylic oxidation sites excluding steroid dienone is 1. The summed E-state index contributed by atoms with van der Waals surface area (Å²) >= 11 is 10.8. The van der Waals surface area contributed by atoms with E-state index in [2.05, 4.69) is 94.5 Å². The first-order valence-corrected chi connectivity index (χ1v) is 53.6. The number of hydrogen-bond donors (Lipinski definition) is 10. The normalized spacial score (nSPS) is 46.9. The van der Waals surface area contributed by atoms with Gasteiger partial charge >= 0.3 is 12.1 Å². The van der Waals surface area contributed by atoms with Gasteiger partial charge in [-0.1, -0.05) is 101 Å². The van der Waals surface area contributed by atoms with E-state index in [1.807, 2.05) is 26.1 Å². The number of halogens is 4. The number of amides is 2. The molecule has 16 aliphatic carbocycles. The predicted octanol–water partition coefficient (Wildman–Crippen LogP) is 21.5. The molecule has 0 aromatic heterocycles. The minimum atomic E-state index is -4.37. The molecule has 16 rings (SSSR count). The summed E-state index contributed by atoms with van der Waals surface area (Å²) in [5.74, 6) is 13.6. The summed E-state index contributed by atoms with van der Waals surface area (Å²) in [6.45, 7) is 34.3. The lowest BCUT2D eigenvalue weighted by Gasteiger charge is -2.62. The van der Waals surface area contributed by atoms with E-state index in [9.17, 15) is 73.2 Å². The lowest BCUT2D eigenvalue weighted by atomic mass is 9.43. The van der Waals surface area contributed by atoms with Crippen molar-refractivity contribution in [2.75, 3.05) is 25.6 Å². The molecular weight excluding hydrogens is 1660 g/mol. The van der Waals surface area contributed by atoms with Crippen LogP contribution in [0, 0.1) is 185 Å². The Morgan fingerprint density at radius 1 is 0.406 bits per heavy atom. The molecule has 2 amide bonds. The second-order valence-electron chi connectivity index (χ2n) is 49.4. The fraction of sp³-hybridized carbons (Fsp3) is 0.935. The maximum absolute atomic E-state index is 12.4. The minimum Gasteiger partial charge on any atom is -0.463 e. The molecule has 0 aromatic rings. The zero-order chi connectivity index (χ0) is 93.1. The number of carbonyl (C=O) groups is 4. The molecule has 0 heterocycles. The number of hydrogen-bond acceptors (Lipinski definition) is 14. The topological polar surface area (TPSA) is 263 Å². The molecular formula is C108H178ClF3N2O13S. The van der Waals surface area contributed by atoms with Crippen molar-refractivity contribution in [1.29, 1.82) is 0 Å². The smallest absolute Gasteiger partial charge is 0.405 e. The first-order valence-electron chi connectivity index (χ1n) is 52.7. The van der Waals surface area contributed by atoms with Gasteiger partial charge in [0.25, 0.3) is 0 Å². The van der Waals surface area contributed by atoms with E-state index < -0.39 is 18.6 Å². The molecule has 0 aliphatic heterocycles. The molecule has 16 aliphatic rings. The highest BCUT2D eigenvalue weighted by Crippen LogP contribution is 2.74. The Morgan fingerprint density at radius 2 is 0.688 bits per heavy atom. The highest BCUT2D eigenvalue weighted by molar-refractivity contribution is 7.80. The first kappa shape index (κ1) is 103. The van der Waals surface area contributed by atoms with Gasteiger partial charge in [-0.3, -0.25) is 14.4 Å². The summed E-state index contributed by atoms with van der Waals surface area (Å²) in [6, 6.07) is 0. The molecule has 128 heavy (non-hydrogen) atoms. The number of aliphatic hydroxyl groups is 8. The fourth-order valence-electron chi connectivity index (χ4n) is 36.7. The van der Waals surface area contributed by atoms with Gasteiger partial charge in [-0.15, -0.1) is 11.6 Å². The van der Waals surface area contributed by atoms with E-state index in [1.165, 1.54) is 77.0 Å². The van der Waals surface area contributed by atoms with Crippen LogP contribution >= 0.6 is 23.8 Å². The van der Waals surface area contributed by atoms with Crippen molar-refractivity contribution < 1.29 is 77.9 Å². The van der Waals surface area contributed by atoms with Crippen molar-refractivity contribution in [3.63, 3.8) is 0 Å². The van der Waals surface area contributed by atoms with Crippen LogP contribution in [0.3, 0.4) is 0 Å². The Bertz CT molecular complexity index is 3800. The van der Waals surface area contributed by atoms with E-state index in [0.717, 1.165) is 176 Å². The lowest BCUT2D eigenvalue weighted by molar-refractivity contribution is -0.172. The lowest BCUT2D eigenvalue weighted by Crippen LogP contribution is -2.58. The van der Waals surface area contributed by atoms with Crippen molar-refractivity contribution in [2.24, 2.45) is 185 Å². The number of carbonyl (C=O) groups excluding carboxylic acids is 4. The van der Waals surface area contributed by atoms with Gasteiger partial charge < -0.3 is 56.2 Å². The van der Waals surface area contributed by atoms with Crippen LogP contribution in [0.5, 0.6) is 0 Å². The van der Waals surface area contributed by atoms with Crippen LogP contribution in [-0.2, 0) is 23.9 Å². The molecule has 0 saturated heterocycles. The number of ketones is 1. The van der Waals surface area contributed by atoms with Crippen molar-refractivity contribution >= 4 is 52.3 Å². The predicted molar refractivity (Wildman–Crippen MR) is 505 cm³/mol. The van der Waals surface area contributed by atoms with Crippen LogP contribution in [0.2, 0.25) is 0 Å². The van der Waals surface area contributed by atoms with Crippen molar-refractivity contribution in [3.05, 3.63) is 11.6 Å². The van der Waals surface area contributed by atoms with Gasteiger partial charge in [-0.25, -0.2) is 4.79 Å². The molecule has 732 valence electrons. The number of rotatable bonds is 23. The number of thiocarbonyl (C=S) groups is 1. The SMILES string of the molecule is CC(=S)CC(=O)CCC(C)C1CCC2C3C[C@H](O)[C@@H]4C[C@H](O)CCC4(C)C3CCC12C.CC(CCC(=O)NCC(F)(F)F)C1CCC2C3C[C@H](O)[C@@H]4C[C@H](O)CCC4(C)C3CCC12C.CC(CCC(=O)NCCCl)C1CCC2C3C[C@H](O)[C@@H]4C[C@H](O)CCC4(C)C3CCC12C.CCOC(=O)/C(C)=C/CCC(C)C1CCC2C3C[C@H](O)C4C[C@H](O)CCC4(C)C3CCC12C. The van der Waals surface area contributed by atoms with Crippen molar-refractivity contribution in [1.82, 2.24) is 10.6 Å². The molecule has 0 spiro atoms. The average Bonchev–Trinajstić information content (AvgIpc) is 1.46. The number of esters is 1. The van der Waals surface area contributed by atoms with Gasteiger partial charge in [0.1, 0.15) is 12.3 Å². The average molecular weight is 1840 g/mol. The second kappa shape index (κ2) is 41.4. The highest BCUT2D eigenvalue weighted by atomic mass is 35.5. The minimum absolute atomic E-state index is 0.100. The van der Waals surface area contributed by atoms with Gasteiger partial charge in [0.15, 0.2) is 0 Å². The molecule has 40 atom stereocenters. The first-order chi connectivity index (χ1) is 60.2. The van der Waals surface area contributed by atoms with E-state index in [1.54, 1.807) is 0 Å². The summed E-state index contributed by atoms with van der Waals surface area (Å²) in [5, 5.41) is 90.6. The summed E-state index contributed by atoms with van der Waals surface area (Å²) in [5.41, 5.74) is 2.63. The Morgan fingerprint density at radius 3 is 0.977 bits per heavy atom. The third-order valence-corrected chi connectivity index (χ3v) is 43.5. The fourth-order valence-corrected chi connectivity index (χ4v) is 37.0. The maximum Gasteiger partial charge on any atom is 0.405 e. The van der Waals surface area contributed by atoms with Crippen LogP contribution in [-0.4, -0.2) is 150 Å². The monoisotopic (exact) mass is 1840 g/mol. The number of aliphatic hydroxyl groups excluding tert-OH is 8. The number of alkyl halides is 4. The molecule has 10 N–H and O–H groups in total. The Kier molecular flexibility index (Phi) is 33.3. The van der Waals surface area contributed by atoms with E-state index >= 15 is 0 Å². The molecule has 29 unspecified atom stereocenters. The van der Waals surface area contributed by atoms with Crippen molar-refractivity contribution in [3.8, 4) is 0 Å². The Hall–Kier alpha value is -2.33. The van der Waals surface area contributed by atoms with Crippen LogP contribution in [0.25, 0.3) is 0 Å². The second-order valence-corrected chi connectivity index (χ2v) is 50.4. The van der Waals surface area contributed by atoms with Gasteiger partial charge in [-0.2, -0.15) is 13.2 Å². The molecule has 0 bridgehead atoms. The molecule has 16 saturated carbocycles. The van der Waals surface area contributed by atoms with E-state index in [0.29, 0.717) is 167 Å².